The molecule has 3 aliphatic rings. The van der Waals surface area contributed by atoms with Crippen molar-refractivity contribution in [1.29, 1.82) is 5.41 Å². The van der Waals surface area contributed by atoms with Crippen molar-refractivity contribution in [3.63, 3.8) is 0 Å². The van der Waals surface area contributed by atoms with Crippen LogP contribution in [0.25, 0.3) is 5.57 Å². The van der Waals surface area contributed by atoms with Crippen LogP contribution in [-0.2, 0) is 4.79 Å². The summed E-state index contributed by atoms with van der Waals surface area (Å²) in [7, 11) is 1.66. The number of aliphatic imine (C=N–C) groups is 2. The van der Waals surface area contributed by atoms with Crippen molar-refractivity contribution in [2.24, 2.45) is 21.1 Å². The molecule has 260 valence electrons. The van der Waals surface area contributed by atoms with Crippen molar-refractivity contribution in [3.05, 3.63) is 101 Å². The van der Waals surface area contributed by atoms with E-state index in [9.17, 15) is 4.79 Å². The number of hydrogen-bond donors (Lipinski definition) is 3. The fourth-order valence-electron chi connectivity index (χ4n) is 7.12. The first kappa shape index (κ1) is 34.6. The number of hydrogen-bond acceptors (Lipinski definition) is 8. The normalized spacial score (nSPS) is 20.0. The number of aromatic nitrogens is 1. The summed E-state index contributed by atoms with van der Waals surface area (Å²) < 4.78 is 5.73. The molecule has 3 aromatic rings. The van der Waals surface area contributed by atoms with Gasteiger partial charge in [0.1, 0.15) is 12.2 Å². The van der Waals surface area contributed by atoms with Crippen LogP contribution in [0.4, 0.5) is 11.4 Å². The number of benzene rings is 2. The van der Waals surface area contributed by atoms with E-state index >= 15 is 0 Å². The number of rotatable bonds is 11. The molecule has 0 unspecified atom stereocenters. The predicted octanol–water partition coefficient (Wildman–Crippen LogP) is 4.96. The number of anilines is 2. The molecule has 1 atom stereocenters. The van der Waals surface area contributed by atoms with E-state index in [2.05, 4.69) is 49.6 Å². The van der Waals surface area contributed by atoms with Crippen molar-refractivity contribution in [2.75, 3.05) is 56.9 Å². The highest BCUT2D eigenvalue weighted by atomic mass is 16.5. The monoisotopic (exact) mass is 673 g/mol. The van der Waals surface area contributed by atoms with E-state index in [1.165, 1.54) is 17.5 Å². The first-order valence-corrected chi connectivity index (χ1v) is 17.2. The molecule has 1 spiro atoms. The summed E-state index contributed by atoms with van der Waals surface area (Å²) in [6, 6.07) is 17.3. The van der Waals surface area contributed by atoms with Crippen molar-refractivity contribution >= 4 is 40.7 Å². The molecular formula is C39H47N9O2. The minimum Gasteiger partial charge on any atom is -0.475 e. The molecule has 0 aliphatic carbocycles. The standard InChI is InChI=1S/C39H47N9O2/c1-26(2)50-35-21-31(11-16-44-35)36(41)33-22-32(9-10-34(33)40)48-20-15-39(38(48)49)14-19-46(24-39)23-27(3)47-17-12-29(13-18-47)28-5-7-30(8-6-28)37(42)45-25-43-4/h5-12,16,21-22,25-26,41H,3,13-15,17-20,23-24,40H2,1-2,4H3,(H2,42,43,45)/t39-/m0/s1. The molecule has 2 aromatic carbocycles. The average molecular weight is 674 g/mol. The summed E-state index contributed by atoms with van der Waals surface area (Å²) in [5.41, 5.74) is 19.2. The molecule has 11 nitrogen and oxygen atoms in total. The quantitative estimate of drug-likeness (QED) is 0.148. The highest BCUT2D eigenvalue weighted by Gasteiger charge is 2.51. The number of carbonyl (C=O) groups is 1. The molecule has 4 heterocycles. The maximum atomic E-state index is 14.1. The molecule has 5 N–H and O–H groups in total. The maximum absolute atomic E-state index is 14.1. The zero-order valence-corrected chi connectivity index (χ0v) is 29.2. The van der Waals surface area contributed by atoms with E-state index in [-0.39, 0.29) is 17.7 Å². The first-order chi connectivity index (χ1) is 24.1. The third kappa shape index (κ3) is 7.33. The van der Waals surface area contributed by atoms with Crippen LogP contribution in [0.3, 0.4) is 0 Å². The summed E-state index contributed by atoms with van der Waals surface area (Å²) in [6.07, 6.45) is 7.88. The molecular weight excluding hydrogens is 626 g/mol. The smallest absolute Gasteiger partial charge is 0.234 e. The van der Waals surface area contributed by atoms with Crippen molar-refractivity contribution in [1.82, 2.24) is 14.8 Å². The molecule has 0 bridgehead atoms. The van der Waals surface area contributed by atoms with Crippen LogP contribution < -0.4 is 21.1 Å². The number of likely N-dealkylation sites (tertiary alicyclic amines) is 1. The number of nitrogens with zero attached hydrogens (tertiary/aromatic N) is 6. The minimum absolute atomic E-state index is 0.0301. The minimum atomic E-state index is -0.415. The van der Waals surface area contributed by atoms with Gasteiger partial charge in [-0.15, -0.1) is 0 Å². The molecule has 1 amide bonds. The van der Waals surface area contributed by atoms with Crippen LogP contribution in [0.1, 0.15) is 55.4 Å². The van der Waals surface area contributed by atoms with Gasteiger partial charge < -0.3 is 26.0 Å². The van der Waals surface area contributed by atoms with Crippen LogP contribution in [0.2, 0.25) is 0 Å². The highest BCUT2D eigenvalue weighted by molar-refractivity contribution is 6.15. The van der Waals surface area contributed by atoms with E-state index in [1.807, 2.05) is 43.0 Å². The van der Waals surface area contributed by atoms with E-state index < -0.39 is 5.41 Å². The Kier molecular flexibility index (Phi) is 10.1. The number of amidine groups is 1. The summed E-state index contributed by atoms with van der Waals surface area (Å²) in [5, 5.41) is 8.94. The highest BCUT2D eigenvalue weighted by Crippen LogP contribution is 2.43. The Morgan fingerprint density at radius 2 is 1.88 bits per heavy atom. The number of nitrogens with one attached hydrogen (secondary N) is 1. The molecule has 2 saturated heterocycles. The van der Waals surface area contributed by atoms with Crippen molar-refractivity contribution < 1.29 is 9.53 Å². The molecule has 50 heavy (non-hydrogen) atoms. The Hall–Kier alpha value is -5.29. The number of nitrogen functional groups attached to an aromatic ring is 1. The first-order valence-electron chi connectivity index (χ1n) is 17.2. The topological polar surface area (TPSA) is 150 Å². The van der Waals surface area contributed by atoms with Gasteiger partial charge in [0.2, 0.25) is 11.8 Å². The van der Waals surface area contributed by atoms with Crippen molar-refractivity contribution in [2.45, 2.75) is 39.2 Å². The fraction of sp³-hybridized carbons (Fsp3) is 0.359. The van der Waals surface area contributed by atoms with E-state index in [0.717, 1.165) is 62.4 Å². The lowest BCUT2D eigenvalue weighted by Gasteiger charge is -2.32. The molecule has 11 heteroatoms. The SMILES string of the molecule is C=C(CN1CC[C@]2(CCN(c3ccc(N)c(C(=N)c4ccnc(OC(C)C)c4)c3)C2=O)C1)N1CC=C(c2ccc(C(N)=NC=NC)cc2)CC1. The van der Waals surface area contributed by atoms with Crippen LogP contribution in [-0.4, -0.2) is 91.0 Å². The number of nitrogens with two attached hydrogens (primary N) is 2. The van der Waals surface area contributed by atoms with Crippen LogP contribution in [0.15, 0.2) is 89.1 Å². The molecule has 6 rings (SSSR count). The van der Waals surface area contributed by atoms with E-state index in [4.69, 9.17) is 21.6 Å². The number of amides is 1. The Bertz CT molecular complexity index is 1860. The van der Waals surface area contributed by atoms with Gasteiger partial charge in [0, 0.05) is 85.8 Å². The van der Waals surface area contributed by atoms with Crippen molar-refractivity contribution in [3.8, 4) is 5.88 Å². The van der Waals surface area contributed by atoms with Gasteiger partial charge in [0.05, 0.1) is 17.2 Å². The van der Waals surface area contributed by atoms with Gasteiger partial charge >= 0.3 is 0 Å². The molecule has 2 fully saturated rings. The zero-order chi connectivity index (χ0) is 35.4. The lowest BCUT2D eigenvalue weighted by molar-refractivity contribution is -0.125. The number of ether oxygens (including phenoxy) is 1. The largest absolute Gasteiger partial charge is 0.475 e. The molecule has 0 saturated carbocycles. The second kappa shape index (κ2) is 14.7. The third-order valence-corrected chi connectivity index (χ3v) is 9.87. The Labute approximate surface area is 294 Å². The molecule has 0 radical (unpaired) electrons. The lowest BCUT2D eigenvalue weighted by atomic mass is 9.85. The third-order valence-electron chi connectivity index (χ3n) is 9.87. The van der Waals surface area contributed by atoms with Gasteiger partial charge in [-0.2, -0.15) is 0 Å². The van der Waals surface area contributed by atoms with Gasteiger partial charge in [-0.3, -0.25) is 20.1 Å². The Morgan fingerprint density at radius 3 is 2.60 bits per heavy atom. The second-order valence-corrected chi connectivity index (χ2v) is 13.6. The fourth-order valence-corrected chi connectivity index (χ4v) is 7.12. The second-order valence-electron chi connectivity index (χ2n) is 13.6. The van der Waals surface area contributed by atoms with E-state index in [1.54, 1.807) is 31.4 Å². The van der Waals surface area contributed by atoms with Crippen LogP contribution in [0.5, 0.6) is 5.88 Å². The summed E-state index contributed by atoms with van der Waals surface area (Å²) in [6.45, 7) is 13.0. The Morgan fingerprint density at radius 1 is 1.10 bits per heavy atom. The van der Waals surface area contributed by atoms with Gasteiger partial charge in [-0.25, -0.2) is 9.98 Å². The van der Waals surface area contributed by atoms with Gasteiger partial charge in [0.15, 0.2) is 0 Å². The van der Waals surface area contributed by atoms with E-state index in [0.29, 0.717) is 41.6 Å². The van der Waals surface area contributed by atoms with Crippen LogP contribution >= 0.6 is 0 Å². The maximum Gasteiger partial charge on any atom is 0.234 e. The predicted molar refractivity (Wildman–Crippen MR) is 202 cm³/mol. The Balaban J connectivity index is 1.06. The summed E-state index contributed by atoms with van der Waals surface area (Å²) >= 11 is 0. The number of pyridine rings is 1. The zero-order valence-electron chi connectivity index (χ0n) is 29.2. The summed E-state index contributed by atoms with van der Waals surface area (Å²) in [4.78, 5) is 32.9. The number of carbonyl (C=O) groups excluding carboxylic acids is 1. The van der Waals surface area contributed by atoms with Crippen LogP contribution in [0, 0.1) is 10.8 Å². The molecule has 3 aliphatic heterocycles. The average Bonchev–Trinajstić information content (AvgIpc) is 3.68. The lowest BCUT2D eigenvalue weighted by Crippen LogP contribution is -2.38. The van der Waals surface area contributed by atoms with Gasteiger partial charge in [-0.05, 0) is 75.1 Å². The van der Waals surface area contributed by atoms with Gasteiger partial charge in [0.25, 0.3) is 0 Å². The molecule has 1 aromatic heterocycles. The van der Waals surface area contributed by atoms with Gasteiger partial charge in [-0.1, -0.05) is 36.9 Å². The summed E-state index contributed by atoms with van der Waals surface area (Å²) in [5.74, 6) is 1.05.